The zero-order valence-corrected chi connectivity index (χ0v) is 13.6. The molecule has 0 N–H and O–H groups in total. The van der Waals surface area contributed by atoms with Crippen LogP contribution in [0.15, 0.2) is 76.5 Å². The minimum Gasteiger partial charge on any atom is -0.497 e. The van der Waals surface area contributed by atoms with E-state index in [1.165, 1.54) is 11.1 Å². The third-order valence-electron chi connectivity index (χ3n) is 4.32. The number of hydrogen-bond donors (Lipinski definition) is 0. The quantitative estimate of drug-likeness (QED) is 0.834. The first-order valence-corrected chi connectivity index (χ1v) is 8.40. The van der Waals surface area contributed by atoms with Gasteiger partial charge in [-0.2, -0.15) is 0 Å². The second-order valence-electron chi connectivity index (χ2n) is 6.06. The third kappa shape index (κ3) is 3.18. The van der Waals surface area contributed by atoms with Crippen molar-refractivity contribution in [3.8, 4) is 0 Å². The van der Waals surface area contributed by atoms with E-state index < -0.39 is 0 Å². The van der Waals surface area contributed by atoms with Gasteiger partial charge in [-0.15, -0.1) is 0 Å². The lowest BCUT2D eigenvalue weighted by atomic mass is 9.91. The monoisotopic (exact) mass is 320 g/mol. The number of rotatable bonds is 2. The highest BCUT2D eigenvalue weighted by atomic mass is 16.5. The lowest BCUT2D eigenvalue weighted by molar-refractivity contribution is 0.152. The summed E-state index contributed by atoms with van der Waals surface area (Å²) in [6, 6.07) is 4.04. The van der Waals surface area contributed by atoms with E-state index >= 15 is 0 Å². The number of pyridine rings is 1. The highest BCUT2D eigenvalue weighted by Crippen LogP contribution is 2.30. The molecule has 0 radical (unpaired) electrons. The summed E-state index contributed by atoms with van der Waals surface area (Å²) in [5, 5.41) is 0. The van der Waals surface area contributed by atoms with E-state index in [-0.39, 0.29) is 0 Å². The molecule has 1 aliphatic carbocycles. The van der Waals surface area contributed by atoms with Crippen LogP contribution in [0.4, 0.5) is 0 Å². The van der Waals surface area contributed by atoms with Crippen molar-refractivity contribution < 1.29 is 9.47 Å². The Morgan fingerprint density at radius 3 is 3.08 bits per heavy atom. The predicted molar refractivity (Wildman–Crippen MR) is 93.7 cm³/mol. The Balaban J connectivity index is 1.64. The average molecular weight is 320 g/mol. The van der Waals surface area contributed by atoms with E-state index in [1.54, 1.807) is 6.20 Å². The van der Waals surface area contributed by atoms with Gasteiger partial charge in [-0.25, -0.2) is 0 Å². The molecule has 1 aromatic rings. The van der Waals surface area contributed by atoms with Crippen molar-refractivity contribution in [2.24, 2.45) is 4.99 Å². The van der Waals surface area contributed by atoms with Gasteiger partial charge in [0, 0.05) is 36.5 Å². The molecule has 3 heterocycles. The molecule has 0 bridgehead atoms. The number of aliphatic imine (C=N–C) groups is 1. The lowest BCUT2D eigenvalue weighted by Crippen LogP contribution is -2.12. The highest BCUT2D eigenvalue weighted by molar-refractivity contribution is 6.13. The van der Waals surface area contributed by atoms with Gasteiger partial charge in [0.1, 0.15) is 19.0 Å². The Hall–Kier alpha value is -2.62. The first kappa shape index (κ1) is 14.9. The fraction of sp³-hybridized carbons (Fsp3) is 0.300. The SMILES string of the molecule is C1=C(C=C2CCCN=C2c2cccnc2)CC2=COCCOC2=C1. The molecule has 0 saturated heterocycles. The molecule has 1 aromatic heterocycles. The van der Waals surface area contributed by atoms with Gasteiger partial charge in [0.2, 0.25) is 0 Å². The molecule has 3 aliphatic rings. The van der Waals surface area contributed by atoms with Crippen LogP contribution in [0.5, 0.6) is 0 Å². The summed E-state index contributed by atoms with van der Waals surface area (Å²) in [6.07, 6.45) is 14.9. The van der Waals surface area contributed by atoms with Crippen LogP contribution < -0.4 is 0 Å². The molecule has 0 unspecified atom stereocenters. The Morgan fingerprint density at radius 2 is 2.17 bits per heavy atom. The smallest absolute Gasteiger partial charge is 0.126 e. The van der Waals surface area contributed by atoms with Gasteiger partial charge in [-0.3, -0.25) is 9.98 Å². The van der Waals surface area contributed by atoms with Gasteiger partial charge in [0.15, 0.2) is 0 Å². The van der Waals surface area contributed by atoms with E-state index in [2.05, 4.69) is 23.2 Å². The van der Waals surface area contributed by atoms with Crippen LogP contribution in [0, 0.1) is 0 Å². The Morgan fingerprint density at radius 1 is 1.17 bits per heavy atom. The molecule has 122 valence electrons. The van der Waals surface area contributed by atoms with Crippen molar-refractivity contribution in [2.75, 3.05) is 19.8 Å². The Kier molecular flexibility index (Phi) is 4.28. The molecule has 2 aliphatic heterocycles. The summed E-state index contributed by atoms with van der Waals surface area (Å²) in [7, 11) is 0. The molecule has 0 saturated carbocycles. The van der Waals surface area contributed by atoms with Gasteiger partial charge in [-0.05, 0) is 42.2 Å². The minimum atomic E-state index is 0.605. The summed E-state index contributed by atoms with van der Waals surface area (Å²) in [5.41, 5.74) is 5.82. The van der Waals surface area contributed by atoms with E-state index in [9.17, 15) is 0 Å². The standard InChI is InChI=1S/C20H20N2O2/c1-4-17(13-21-7-1)20-16(3-2-8-22-20)11-15-5-6-19-18(12-15)14-23-9-10-24-19/h1,4-7,11,13-14H,2-3,8-10,12H2. The molecular weight excluding hydrogens is 300 g/mol. The number of hydrogen-bond acceptors (Lipinski definition) is 4. The van der Waals surface area contributed by atoms with Gasteiger partial charge in [0.25, 0.3) is 0 Å². The predicted octanol–water partition coefficient (Wildman–Crippen LogP) is 3.74. The number of aromatic nitrogens is 1. The topological polar surface area (TPSA) is 43.7 Å². The highest BCUT2D eigenvalue weighted by Gasteiger charge is 2.18. The number of fused-ring (bicyclic) bond motifs is 1. The van der Waals surface area contributed by atoms with Crippen molar-refractivity contribution in [3.63, 3.8) is 0 Å². The van der Waals surface area contributed by atoms with Crippen LogP contribution in [0.25, 0.3) is 0 Å². The van der Waals surface area contributed by atoms with E-state index in [4.69, 9.17) is 14.5 Å². The molecule has 24 heavy (non-hydrogen) atoms. The van der Waals surface area contributed by atoms with Crippen LogP contribution in [0.2, 0.25) is 0 Å². The van der Waals surface area contributed by atoms with Crippen LogP contribution in [-0.2, 0) is 9.47 Å². The number of allylic oxidation sites excluding steroid dienone is 6. The largest absolute Gasteiger partial charge is 0.497 e. The lowest BCUT2D eigenvalue weighted by Gasteiger charge is -2.19. The van der Waals surface area contributed by atoms with Gasteiger partial charge in [-0.1, -0.05) is 12.2 Å². The molecule has 4 rings (SSSR count). The maximum atomic E-state index is 5.71. The maximum absolute atomic E-state index is 5.71. The summed E-state index contributed by atoms with van der Waals surface area (Å²) >= 11 is 0. The van der Waals surface area contributed by atoms with Gasteiger partial charge in [0.05, 0.1) is 12.0 Å². The third-order valence-corrected chi connectivity index (χ3v) is 4.32. The van der Waals surface area contributed by atoms with E-state index in [0.717, 1.165) is 48.4 Å². The molecule has 4 nitrogen and oxygen atoms in total. The molecule has 4 heteroatoms. The van der Waals surface area contributed by atoms with Crippen molar-refractivity contribution in [3.05, 3.63) is 77.1 Å². The van der Waals surface area contributed by atoms with Gasteiger partial charge >= 0.3 is 0 Å². The molecule has 0 spiro atoms. The molecule has 0 aromatic carbocycles. The number of ether oxygens (including phenoxy) is 2. The fourth-order valence-electron chi connectivity index (χ4n) is 3.18. The fourth-order valence-corrected chi connectivity index (χ4v) is 3.18. The van der Waals surface area contributed by atoms with E-state index in [1.807, 2.05) is 24.6 Å². The van der Waals surface area contributed by atoms with Crippen LogP contribution in [-0.4, -0.2) is 30.5 Å². The Bertz CT molecular complexity index is 770. The summed E-state index contributed by atoms with van der Waals surface area (Å²) in [5.74, 6) is 0.930. The second-order valence-corrected chi connectivity index (χ2v) is 6.06. The normalized spacial score (nSPS) is 22.1. The summed E-state index contributed by atoms with van der Waals surface area (Å²) < 4.78 is 11.2. The molecule has 0 amide bonds. The zero-order valence-electron chi connectivity index (χ0n) is 13.6. The van der Waals surface area contributed by atoms with Crippen molar-refractivity contribution in [2.45, 2.75) is 19.3 Å². The average Bonchev–Trinajstić information content (AvgIpc) is 2.88. The van der Waals surface area contributed by atoms with Gasteiger partial charge < -0.3 is 9.47 Å². The molecular formula is C20H20N2O2. The van der Waals surface area contributed by atoms with Crippen LogP contribution >= 0.6 is 0 Å². The second kappa shape index (κ2) is 6.87. The zero-order chi connectivity index (χ0) is 16.2. The van der Waals surface area contributed by atoms with Crippen LogP contribution in [0.1, 0.15) is 24.8 Å². The van der Waals surface area contributed by atoms with Crippen molar-refractivity contribution in [1.29, 1.82) is 0 Å². The summed E-state index contributed by atoms with van der Waals surface area (Å²) in [6.45, 7) is 2.10. The first-order valence-electron chi connectivity index (χ1n) is 8.40. The number of nitrogens with zero attached hydrogens (tertiary/aromatic N) is 2. The minimum absolute atomic E-state index is 0.605. The molecule has 0 atom stereocenters. The maximum Gasteiger partial charge on any atom is 0.126 e. The van der Waals surface area contributed by atoms with E-state index in [0.29, 0.717) is 13.2 Å². The van der Waals surface area contributed by atoms with Crippen molar-refractivity contribution >= 4 is 5.71 Å². The Labute approximate surface area is 141 Å². The van der Waals surface area contributed by atoms with Crippen molar-refractivity contribution in [1.82, 2.24) is 4.98 Å². The summed E-state index contributed by atoms with van der Waals surface area (Å²) in [4.78, 5) is 8.98. The first-order chi connectivity index (χ1) is 11.9. The van der Waals surface area contributed by atoms with Crippen LogP contribution in [0.3, 0.4) is 0 Å². The molecule has 0 fully saturated rings.